The lowest BCUT2D eigenvalue weighted by molar-refractivity contribution is -0.255. The minimum atomic E-state index is -1.30. The lowest BCUT2D eigenvalue weighted by atomic mass is 10.1. The quantitative estimate of drug-likeness (QED) is 0.701. The average Bonchev–Trinajstić information content (AvgIpc) is 2.56. The number of aromatic amines is 1. The summed E-state index contributed by atoms with van der Waals surface area (Å²) < 4.78 is 0. The van der Waals surface area contributed by atoms with Crippen molar-refractivity contribution in [2.75, 3.05) is 0 Å². The highest BCUT2D eigenvalue weighted by Crippen LogP contribution is 2.21. The summed E-state index contributed by atoms with van der Waals surface area (Å²) in [6.45, 7) is -0.312. The Balaban J connectivity index is 2.78. The number of para-hydroxylation sites is 1. The van der Waals surface area contributed by atoms with Crippen LogP contribution in [0.2, 0.25) is 0 Å². The van der Waals surface area contributed by atoms with E-state index in [0.717, 1.165) is 0 Å². The fourth-order valence-electron chi connectivity index (χ4n) is 1.54. The molecule has 0 saturated carbocycles. The molecule has 0 bridgehead atoms. The van der Waals surface area contributed by atoms with Gasteiger partial charge in [-0.25, -0.2) is 0 Å². The van der Waals surface area contributed by atoms with Gasteiger partial charge >= 0.3 is 0 Å². The zero-order valence-corrected chi connectivity index (χ0v) is 7.28. The van der Waals surface area contributed by atoms with Crippen LogP contribution in [0.3, 0.4) is 0 Å². The topological polar surface area (TPSA) is 76.1 Å². The van der Waals surface area contributed by atoms with Crippen LogP contribution >= 0.6 is 0 Å². The molecule has 1 aromatic heterocycles. The Hall–Kier alpha value is -1.81. The Kier molecular flexibility index (Phi) is 1.98. The van der Waals surface area contributed by atoms with Gasteiger partial charge in [-0.15, -0.1) is 0 Å². The Morgan fingerprint density at radius 2 is 2.14 bits per heavy atom. The molecule has 0 aliphatic rings. The molecule has 4 heteroatoms. The first-order chi connectivity index (χ1) is 6.74. The molecule has 0 spiro atoms. The first kappa shape index (κ1) is 8.77. The summed E-state index contributed by atoms with van der Waals surface area (Å²) in [4.78, 5) is 13.4. The summed E-state index contributed by atoms with van der Waals surface area (Å²) in [6, 6.07) is 7.08. The highest BCUT2D eigenvalue weighted by Gasteiger charge is 2.09. The van der Waals surface area contributed by atoms with Crippen LogP contribution in [0.5, 0.6) is 0 Å². The van der Waals surface area contributed by atoms with E-state index in [2.05, 4.69) is 4.98 Å². The van der Waals surface area contributed by atoms with Gasteiger partial charge in [0.05, 0.1) is 18.3 Å². The zero-order chi connectivity index (χ0) is 10.1. The molecule has 0 amide bonds. The van der Waals surface area contributed by atoms with Gasteiger partial charge in [-0.05, 0) is 6.07 Å². The van der Waals surface area contributed by atoms with Crippen LogP contribution in [0.25, 0.3) is 10.9 Å². The predicted molar refractivity (Wildman–Crippen MR) is 48.6 cm³/mol. The first-order valence-corrected chi connectivity index (χ1v) is 4.16. The number of aromatic carboxylic acids is 1. The molecule has 0 unspecified atom stereocenters. The number of aliphatic hydroxyl groups is 1. The van der Waals surface area contributed by atoms with Crippen LogP contribution in [0.4, 0.5) is 0 Å². The summed E-state index contributed by atoms with van der Waals surface area (Å²) in [6.07, 6.45) is 0. The minimum Gasteiger partial charge on any atom is -0.543 e. The van der Waals surface area contributed by atoms with Crippen LogP contribution in [-0.4, -0.2) is 16.1 Å². The van der Waals surface area contributed by atoms with E-state index < -0.39 is 5.97 Å². The molecule has 0 radical (unpaired) electrons. The number of benzene rings is 1. The molecular formula is C10H8NO3-. The summed E-state index contributed by atoms with van der Waals surface area (Å²) in [5, 5.41) is 20.5. The molecule has 4 nitrogen and oxygen atoms in total. The van der Waals surface area contributed by atoms with E-state index in [9.17, 15) is 9.90 Å². The average molecular weight is 190 g/mol. The van der Waals surface area contributed by atoms with Crippen molar-refractivity contribution in [1.29, 1.82) is 0 Å². The van der Waals surface area contributed by atoms with Gasteiger partial charge in [-0.1, -0.05) is 18.2 Å². The molecule has 1 heterocycles. The third-order valence-electron chi connectivity index (χ3n) is 2.18. The van der Waals surface area contributed by atoms with Gasteiger partial charge in [0.1, 0.15) is 0 Å². The molecule has 14 heavy (non-hydrogen) atoms. The summed E-state index contributed by atoms with van der Waals surface area (Å²) in [5.41, 5.74) is 1.02. The Morgan fingerprint density at radius 1 is 1.43 bits per heavy atom. The summed E-state index contributed by atoms with van der Waals surface area (Å²) in [7, 11) is 0. The lowest BCUT2D eigenvalue weighted by Gasteiger charge is -2.00. The van der Waals surface area contributed by atoms with Crippen molar-refractivity contribution in [3.8, 4) is 0 Å². The van der Waals surface area contributed by atoms with Gasteiger partial charge in [0, 0.05) is 16.5 Å². The number of aliphatic hydroxyl groups excluding tert-OH is 1. The van der Waals surface area contributed by atoms with Gasteiger partial charge in [-0.3, -0.25) is 0 Å². The van der Waals surface area contributed by atoms with Crippen molar-refractivity contribution in [3.05, 3.63) is 35.5 Å². The molecule has 0 aliphatic heterocycles. The maximum absolute atomic E-state index is 10.7. The smallest absolute Gasteiger partial charge is 0.0882 e. The molecule has 2 rings (SSSR count). The molecule has 0 saturated heterocycles. The molecule has 0 fully saturated rings. The second kappa shape index (κ2) is 3.16. The highest BCUT2D eigenvalue weighted by atomic mass is 16.4. The number of aromatic nitrogens is 1. The van der Waals surface area contributed by atoms with E-state index in [4.69, 9.17) is 5.11 Å². The fraction of sp³-hybridized carbons (Fsp3) is 0.100. The van der Waals surface area contributed by atoms with E-state index in [1.165, 1.54) is 0 Å². The first-order valence-electron chi connectivity index (χ1n) is 4.16. The van der Waals surface area contributed by atoms with Crippen molar-refractivity contribution in [3.63, 3.8) is 0 Å². The van der Waals surface area contributed by atoms with Crippen LogP contribution in [0.1, 0.15) is 16.1 Å². The van der Waals surface area contributed by atoms with Gasteiger partial charge in [-0.2, -0.15) is 0 Å². The Morgan fingerprint density at radius 3 is 2.79 bits per heavy atom. The highest BCUT2D eigenvalue weighted by molar-refractivity contribution is 5.96. The van der Waals surface area contributed by atoms with E-state index in [-0.39, 0.29) is 12.3 Å². The van der Waals surface area contributed by atoms with Gasteiger partial charge in [0.25, 0.3) is 0 Å². The van der Waals surface area contributed by atoms with Gasteiger partial charge in [0.2, 0.25) is 0 Å². The number of rotatable bonds is 2. The second-order valence-corrected chi connectivity index (χ2v) is 2.97. The number of H-pyrrole nitrogens is 1. The van der Waals surface area contributed by atoms with Crippen LogP contribution in [0.15, 0.2) is 24.3 Å². The predicted octanol–water partition coefficient (Wildman–Crippen LogP) is 0.0237. The normalized spacial score (nSPS) is 10.6. The minimum absolute atomic E-state index is 0.0475. The number of carbonyl (C=O) groups excluding carboxylic acids is 1. The van der Waals surface area contributed by atoms with Crippen LogP contribution in [0, 0.1) is 0 Å². The van der Waals surface area contributed by atoms with Crippen LogP contribution in [-0.2, 0) is 6.61 Å². The number of fused-ring (bicyclic) bond motifs is 1. The number of carbonyl (C=O) groups is 1. The van der Waals surface area contributed by atoms with Gasteiger partial charge < -0.3 is 20.0 Å². The molecule has 0 aliphatic carbocycles. The van der Waals surface area contributed by atoms with Crippen molar-refractivity contribution >= 4 is 16.9 Å². The monoisotopic (exact) mass is 190 g/mol. The van der Waals surface area contributed by atoms with Crippen molar-refractivity contribution in [1.82, 2.24) is 4.98 Å². The Labute approximate surface area is 79.8 Å². The largest absolute Gasteiger partial charge is 0.543 e. The van der Waals surface area contributed by atoms with E-state index >= 15 is 0 Å². The van der Waals surface area contributed by atoms with E-state index in [0.29, 0.717) is 16.5 Å². The lowest BCUT2D eigenvalue weighted by Crippen LogP contribution is -2.24. The zero-order valence-electron chi connectivity index (χ0n) is 7.28. The molecule has 72 valence electrons. The SMILES string of the molecule is O=C([O-])c1[nH]c2ccccc2c1CO. The third-order valence-corrected chi connectivity index (χ3v) is 2.18. The van der Waals surface area contributed by atoms with Crippen LogP contribution < -0.4 is 5.11 Å². The number of nitrogens with one attached hydrogen (secondary N) is 1. The number of hydrogen-bond donors (Lipinski definition) is 2. The number of carboxylic acids is 1. The molecule has 0 atom stereocenters. The molecule has 1 aromatic carbocycles. The van der Waals surface area contributed by atoms with E-state index in [1.54, 1.807) is 24.3 Å². The maximum Gasteiger partial charge on any atom is 0.0882 e. The number of hydrogen-bond acceptors (Lipinski definition) is 3. The second-order valence-electron chi connectivity index (χ2n) is 2.97. The summed E-state index contributed by atoms with van der Waals surface area (Å²) >= 11 is 0. The summed E-state index contributed by atoms with van der Waals surface area (Å²) in [5.74, 6) is -1.30. The molecule has 2 aromatic rings. The Bertz CT molecular complexity index is 487. The fourth-order valence-corrected chi connectivity index (χ4v) is 1.54. The molecular weight excluding hydrogens is 182 g/mol. The standard InChI is InChI=1S/C10H9NO3/c12-5-7-6-3-1-2-4-8(6)11-9(7)10(13)14/h1-4,11-12H,5H2,(H,13,14)/p-1. The third kappa shape index (κ3) is 1.16. The molecule has 2 N–H and O–H groups in total. The van der Waals surface area contributed by atoms with E-state index in [1.807, 2.05) is 0 Å². The van der Waals surface area contributed by atoms with Gasteiger partial charge in [0.15, 0.2) is 0 Å². The van der Waals surface area contributed by atoms with Crippen molar-refractivity contribution < 1.29 is 15.0 Å². The maximum atomic E-state index is 10.7. The van der Waals surface area contributed by atoms with Crippen molar-refractivity contribution in [2.45, 2.75) is 6.61 Å². The number of carboxylic acid groups (broad SMARTS) is 1. The van der Waals surface area contributed by atoms with Crippen molar-refractivity contribution in [2.24, 2.45) is 0 Å².